The fourth-order valence-corrected chi connectivity index (χ4v) is 1.16. The van der Waals surface area contributed by atoms with Gasteiger partial charge in [0.1, 0.15) is 5.60 Å². The molecule has 0 aromatic carbocycles. The summed E-state index contributed by atoms with van der Waals surface area (Å²) in [5.41, 5.74) is 0.512. The molecule has 0 atom stereocenters. The highest BCUT2D eigenvalue weighted by atomic mass is 16.7. The van der Waals surface area contributed by atoms with E-state index in [0.29, 0.717) is 0 Å². The summed E-state index contributed by atoms with van der Waals surface area (Å²) in [4.78, 5) is 10.9. The number of hydrogen-bond acceptors (Lipinski definition) is 3. The molecule has 0 spiro atoms. The zero-order valence-corrected chi connectivity index (χ0v) is 9.84. The molecule has 0 saturated carbocycles. The maximum atomic E-state index is 10.9. The number of allylic oxidation sites excluding steroid dienone is 2. The summed E-state index contributed by atoms with van der Waals surface area (Å²) in [7, 11) is 1.30. The van der Waals surface area contributed by atoms with Crippen molar-refractivity contribution in [1.82, 2.24) is 0 Å². The first kappa shape index (κ1) is 13.8. The third kappa shape index (κ3) is 6.77. The van der Waals surface area contributed by atoms with E-state index in [-0.39, 0.29) is 0 Å². The normalized spacial score (nSPS) is 10.6. The SMILES string of the molecule is C=CC(=C)CCCC(C)(C)OC(=O)OC. The third-order valence-electron chi connectivity index (χ3n) is 2.09. The van der Waals surface area contributed by atoms with Gasteiger partial charge >= 0.3 is 6.16 Å². The molecule has 0 N–H and O–H groups in total. The van der Waals surface area contributed by atoms with Crippen LogP contribution in [0.15, 0.2) is 24.8 Å². The predicted molar refractivity (Wildman–Crippen MR) is 60.8 cm³/mol. The lowest BCUT2D eigenvalue weighted by Crippen LogP contribution is -2.27. The molecule has 0 fully saturated rings. The van der Waals surface area contributed by atoms with Gasteiger partial charge in [0, 0.05) is 0 Å². The van der Waals surface area contributed by atoms with E-state index in [4.69, 9.17) is 4.74 Å². The standard InChI is InChI=1S/C12H20O3/c1-6-10(2)8-7-9-12(3,4)15-11(13)14-5/h6H,1-2,7-9H2,3-5H3. The average molecular weight is 212 g/mol. The second kappa shape index (κ2) is 6.27. The van der Waals surface area contributed by atoms with Gasteiger partial charge in [-0.1, -0.05) is 24.8 Å². The first-order valence-electron chi connectivity index (χ1n) is 4.98. The Labute approximate surface area is 91.8 Å². The van der Waals surface area contributed by atoms with Crippen LogP contribution in [0.25, 0.3) is 0 Å². The van der Waals surface area contributed by atoms with E-state index >= 15 is 0 Å². The van der Waals surface area contributed by atoms with Gasteiger partial charge in [0.2, 0.25) is 0 Å². The van der Waals surface area contributed by atoms with Gasteiger partial charge in [0.05, 0.1) is 7.11 Å². The molecule has 0 aliphatic rings. The van der Waals surface area contributed by atoms with Gasteiger partial charge in [-0.3, -0.25) is 0 Å². The zero-order valence-electron chi connectivity index (χ0n) is 9.84. The number of ether oxygens (including phenoxy) is 2. The van der Waals surface area contributed by atoms with E-state index < -0.39 is 11.8 Å². The molecule has 0 aromatic heterocycles. The van der Waals surface area contributed by atoms with E-state index in [1.165, 1.54) is 7.11 Å². The van der Waals surface area contributed by atoms with Crippen LogP contribution >= 0.6 is 0 Å². The van der Waals surface area contributed by atoms with Crippen LogP contribution < -0.4 is 0 Å². The summed E-state index contributed by atoms with van der Waals surface area (Å²) in [5, 5.41) is 0. The molecule has 0 heterocycles. The molecule has 0 aliphatic carbocycles. The minimum absolute atomic E-state index is 0.492. The van der Waals surface area contributed by atoms with E-state index in [0.717, 1.165) is 24.8 Å². The van der Waals surface area contributed by atoms with Crippen molar-refractivity contribution in [2.75, 3.05) is 7.11 Å². The van der Waals surface area contributed by atoms with Crippen LogP contribution in [0, 0.1) is 0 Å². The van der Waals surface area contributed by atoms with Crippen molar-refractivity contribution < 1.29 is 14.3 Å². The number of methoxy groups -OCH3 is 1. The average Bonchev–Trinajstić information content (AvgIpc) is 2.16. The van der Waals surface area contributed by atoms with Gasteiger partial charge in [0.15, 0.2) is 0 Å². The van der Waals surface area contributed by atoms with Gasteiger partial charge in [-0.15, -0.1) is 0 Å². The highest BCUT2D eigenvalue weighted by Crippen LogP contribution is 2.20. The quantitative estimate of drug-likeness (QED) is 0.499. The first-order valence-corrected chi connectivity index (χ1v) is 4.98. The second-order valence-corrected chi connectivity index (χ2v) is 4.03. The van der Waals surface area contributed by atoms with Gasteiger partial charge in [0.25, 0.3) is 0 Å². The lowest BCUT2D eigenvalue weighted by atomic mass is 9.99. The van der Waals surface area contributed by atoms with Gasteiger partial charge in [-0.05, 0) is 33.1 Å². The molecule has 0 bridgehead atoms. The Morgan fingerprint density at radius 3 is 2.53 bits per heavy atom. The van der Waals surface area contributed by atoms with Crippen molar-refractivity contribution in [3.8, 4) is 0 Å². The van der Waals surface area contributed by atoms with E-state index in [2.05, 4.69) is 17.9 Å². The summed E-state index contributed by atoms with van der Waals surface area (Å²) in [6, 6.07) is 0. The molecule has 86 valence electrons. The zero-order chi connectivity index (χ0) is 11.9. The summed E-state index contributed by atoms with van der Waals surface area (Å²) in [5.74, 6) is 0. The molecule has 0 amide bonds. The van der Waals surface area contributed by atoms with Crippen molar-refractivity contribution >= 4 is 6.16 Å². The predicted octanol–water partition coefficient (Wildman–Crippen LogP) is 3.46. The van der Waals surface area contributed by atoms with Gasteiger partial charge in [-0.25, -0.2) is 4.79 Å². The maximum absolute atomic E-state index is 10.9. The Bertz CT molecular complexity index is 241. The van der Waals surface area contributed by atoms with Gasteiger partial charge in [-0.2, -0.15) is 0 Å². The number of rotatable bonds is 6. The van der Waals surface area contributed by atoms with Crippen LogP contribution in [0.1, 0.15) is 33.1 Å². The number of hydrogen-bond donors (Lipinski definition) is 0. The lowest BCUT2D eigenvalue weighted by molar-refractivity contribution is -0.0119. The van der Waals surface area contributed by atoms with Crippen molar-refractivity contribution in [2.24, 2.45) is 0 Å². The molecule has 0 unspecified atom stereocenters. The Morgan fingerprint density at radius 2 is 2.07 bits per heavy atom. The Morgan fingerprint density at radius 1 is 1.47 bits per heavy atom. The summed E-state index contributed by atoms with van der Waals surface area (Å²) >= 11 is 0. The summed E-state index contributed by atoms with van der Waals surface area (Å²) in [6.45, 7) is 11.2. The van der Waals surface area contributed by atoms with Crippen LogP contribution in [0.5, 0.6) is 0 Å². The van der Waals surface area contributed by atoms with Crippen LogP contribution in [0.2, 0.25) is 0 Å². The Hall–Kier alpha value is -1.25. The molecule has 3 nitrogen and oxygen atoms in total. The molecular weight excluding hydrogens is 192 g/mol. The van der Waals surface area contributed by atoms with Crippen LogP contribution in [0.3, 0.4) is 0 Å². The van der Waals surface area contributed by atoms with E-state index in [1.807, 2.05) is 13.8 Å². The lowest BCUT2D eigenvalue weighted by Gasteiger charge is -2.23. The smallest absolute Gasteiger partial charge is 0.438 e. The van der Waals surface area contributed by atoms with Crippen LogP contribution in [-0.4, -0.2) is 18.9 Å². The third-order valence-corrected chi connectivity index (χ3v) is 2.09. The molecule has 0 saturated heterocycles. The molecule has 15 heavy (non-hydrogen) atoms. The summed E-state index contributed by atoms with van der Waals surface area (Å²) < 4.78 is 9.53. The molecule has 0 radical (unpaired) electrons. The van der Waals surface area contributed by atoms with Crippen molar-refractivity contribution in [3.63, 3.8) is 0 Å². The fraction of sp³-hybridized carbons (Fsp3) is 0.583. The fourth-order valence-electron chi connectivity index (χ4n) is 1.16. The highest BCUT2D eigenvalue weighted by molar-refractivity contribution is 5.60. The van der Waals surface area contributed by atoms with Crippen LogP contribution in [-0.2, 0) is 9.47 Å². The Balaban J connectivity index is 3.88. The van der Waals surface area contributed by atoms with E-state index in [9.17, 15) is 4.79 Å². The van der Waals surface area contributed by atoms with Crippen molar-refractivity contribution in [3.05, 3.63) is 24.8 Å². The van der Waals surface area contributed by atoms with Gasteiger partial charge < -0.3 is 9.47 Å². The highest BCUT2D eigenvalue weighted by Gasteiger charge is 2.22. The number of carbonyl (C=O) groups is 1. The minimum Gasteiger partial charge on any atom is -0.438 e. The topological polar surface area (TPSA) is 35.5 Å². The monoisotopic (exact) mass is 212 g/mol. The molecule has 0 aromatic rings. The largest absolute Gasteiger partial charge is 0.508 e. The maximum Gasteiger partial charge on any atom is 0.508 e. The minimum atomic E-state index is -0.637. The number of carbonyl (C=O) groups excluding carboxylic acids is 1. The van der Waals surface area contributed by atoms with E-state index in [1.54, 1.807) is 6.08 Å². The summed E-state index contributed by atoms with van der Waals surface area (Å²) in [6.07, 6.45) is 3.66. The molecular formula is C12H20O3. The van der Waals surface area contributed by atoms with Crippen molar-refractivity contribution in [2.45, 2.75) is 38.7 Å². The first-order chi connectivity index (χ1) is 6.91. The molecule has 3 heteroatoms. The van der Waals surface area contributed by atoms with Crippen molar-refractivity contribution in [1.29, 1.82) is 0 Å². The Kier molecular flexibility index (Phi) is 5.75. The molecule has 0 rings (SSSR count). The second-order valence-electron chi connectivity index (χ2n) is 4.03. The van der Waals surface area contributed by atoms with Crippen LogP contribution in [0.4, 0.5) is 4.79 Å². The molecule has 0 aliphatic heterocycles.